The van der Waals surface area contributed by atoms with Gasteiger partial charge in [0.05, 0.1) is 4.90 Å². The van der Waals surface area contributed by atoms with Gasteiger partial charge in [-0.25, -0.2) is 24.2 Å². The molecule has 0 atom stereocenters. The Morgan fingerprint density at radius 1 is 1.12 bits per heavy atom. The van der Waals surface area contributed by atoms with Gasteiger partial charge in [0.15, 0.2) is 5.82 Å². The summed E-state index contributed by atoms with van der Waals surface area (Å²) < 4.78 is 50.4. The van der Waals surface area contributed by atoms with E-state index in [-0.39, 0.29) is 26.1 Å². The second kappa shape index (κ2) is 6.49. The summed E-state index contributed by atoms with van der Waals surface area (Å²) in [7, 11) is -9.07. The fraction of sp³-hybridized carbons (Fsp3) is 0.0909. The summed E-state index contributed by atoms with van der Waals surface area (Å²) in [5.41, 5.74) is 5.78. The van der Waals surface area contributed by atoms with Crippen LogP contribution in [0.15, 0.2) is 35.2 Å². The molecule has 0 unspecified atom stereocenters. The molecular formula is C11H13ClN6O4S2. The number of sulfonamides is 1. The number of aryl methyl sites for hydroxylation is 1. The number of nitrogens with one attached hydrogen (secondary N) is 1. The minimum absolute atomic E-state index is 0.0514. The first-order valence-electron chi connectivity index (χ1n) is 6.21. The molecule has 2 aromatic rings. The Labute approximate surface area is 143 Å². The van der Waals surface area contributed by atoms with Gasteiger partial charge in [-0.1, -0.05) is 15.7 Å². The number of nitrogens with two attached hydrogens (primary N) is 2. The van der Waals surface area contributed by atoms with E-state index in [1.807, 2.05) is 0 Å². The highest BCUT2D eigenvalue weighted by atomic mass is 35.5. The minimum Gasteiger partial charge on any atom is -0.399 e. The molecule has 1 heterocycles. The molecule has 0 saturated heterocycles. The number of hydrogen-bond donors (Lipinski definition) is 3. The fourth-order valence-electron chi connectivity index (χ4n) is 1.63. The van der Waals surface area contributed by atoms with Crippen LogP contribution in [-0.4, -0.2) is 26.8 Å². The van der Waals surface area contributed by atoms with Crippen LogP contribution >= 0.6 is 11.6 Å². The van der Waals surface area contributed by atoms with Crippen molar-refractivity contribution < 1.29 is 16.8 Å². The number of aromatic nitrogens is 2. The zero-order valence-corrected chi connectivity index (χ0v) is 14.6. The van der Waals surface area contributed by atoms with E-state index in [9.17, 15) is 16.8 Å². The van der Waals surface area contributed by atoms with Crippen molar-refractivity contribution in [1.82, 2.24) is 14.1 Å². The van der Waals surface area contributed by atoms with Gasteiger partial charge in [0.25, 0.3) is 10.0 Å². The molecule has 0 aliphatic rings. The second-order valence-corrected chi connectivity index (χ2v) is 8.43. The first kappa shape index (κ1) is 18.4. The van der Waals surface area contributed by atoms with Crippen molar-refractivity contribution in [3.63, 3.8) is 0 Å². The SMILES string of the molecule is Cc1nc(Cl)cc(N(N)S(=O)(=O)NS(=O)(=O)c2ccc(N)cc2)n1. The first-order valence-corrected chi connectivity index (χ1v) is 9.52. The monoisotopic (exact) mass is 392 g/mol. The van der Waals surface area contributed by atoms with Crippen LogP contribution in [0.2, 0.25) is 5.15 Å². The van der Waals surface area contributed by atoms with Gasteiger partial charge in [-0.3, -0.25) is 0 Å². The summed E-state index contributed by atoms with van der Waals surface area (Å²) in [4.78, 5) is 7.24. The molecule has 13 heteroatoms. The van der Waals surface area contributed by atoms with Gasteiger partial charge >= 0.3 is 10.2 Å². The lowest BCUT2D eigenvalue weighted by atomic mass is 10.3. The lowest BCUT2D eigenvalue weighted by Gasteiger charge is -2.18. The van der Waals surface area contributed by atoms with Gasteiger partial charge < -0.3 is 5.73 Å². The Hall–Kier alpha value is -1.99. The third-order valence-corrected chi connectivity index (χ3v) is 6.19. The zero-order valence-electron chi connectivity index (χ0n) is 12.2. The van der Waals surface area contributed by atoms with Crippen LogP contribution in [0.25, 0.3) is 0 Å². The molecule has 24 heavy (non-hydrogen) atoms. The van der Waals surface area contributed by atoms with Crippen molar-refractivity contribution in [3.05, 3.63) is 41.3 Å². The van der Waals surface area contributed by atoms with Crippen LogP contribution in [0.4, 0.5) is 11.5 Å². The third-order valence-electron chi connectivity index (χ3n) is 2.68. The molecule has 0 spiro atoms. The molecule has 0 amide bonds. The average Bonchev–Trinajstić information content (AvgIpc) is 2.44. The molecule has 0 fully saturated rings. The quantitative estimate of drug-likeness (QED) is 0.275. The van der Waals surface area contributed by atoms with Gasteiger partial charge in [-0.05, 0) is 31.2 Å². The largest absolute Gasteiger partial charge is 0.399 e. The molecule has 10 nitrogen and oxygen atoms in total. The summed E-state index contributed by atoms with van der Waals surface area (Å²) in [6, 6.07) is 6.01. The van der Waals surface area contributed by atoms with Gasteiger partial charge in [-0.15, -0.1) is 0 Å². The average molecular weight is 393 g/mol. The maximum absolute atomic E-state index is 12.2. The third kappa shape index (κ3) is 4.10. The number of hydrazine groups is 1. The summed E-state index contributed by atoms with van der Waals surface area (Å²) in [5.74, 6) is 5.33. The molecular weight excluding hydrogens is 380 g/mol. The van der Waals surface area contributed by atoms with Gasteiger partial charge in [-0.2, -0.15) is 12.8 Å². The number of nitrogens with zero attached hydrogens (tertiary/aromatic N) is 3. The second-order valence-electron chi connectivity index (χ2n) is 4.55. The molecule has 1 aromatic heterocycles. The van der Waals surface area contributed by atoms with E-state index in [1.165, 1.54) is 23.2 Å². The van der Waals surface area contributed by atoms with Crippen LogP contribution < -0.4 is 20.1 Å². The summed E-state index contributed by atoms with van der Waals surface area (Å²) in [5, 5.41) is -0.0514. The van der Waals surface area contributed by atoms with Crippen LogP contribution in [0.5, 0.6) is 0 Å². The highest BCUT2D eigenvalue weighted by Gasteiger charge is 2.28. The maximum atomic E-state index is 12.2. The van der Waals surface area contributed by atoms with E-state index >= 15 is 0 Å². The smallest absolute Gasteiger partial charge is 0.329 e. The summed E-state index contributed by atoms with van der Waals surface area (Å²) in [6.45, 7) is 1.47. The number of benzene rings is 1. The van der Waals surface area contributed by atoms with Crippen molar-refractivity contribution in [1.29, 1.82) is 0 Å². The van der Waals surface area contributed by atoms with E-state index in [4.69, 9.17) is 23.2 Å². The van der Waals surface area contributed by atoms with Crippen LogP contribution in [0, 0.1) is 6.92 Å². The molecule has 5 N–H and O–H groups in total. The van der Waals surface area contributed by atoms with E-state index in [0.29, 0.717) is 5.69 Å². The Kier molecular flexibility index (Phi) is 4.96. The molecule has 0 aliphatic carbocycles. The first-order chi connectivity index (χ1) is 11.0. The Morgan fingerprint density at radius 3 is 2.25 bits per heavy atom. The van der Waals surface area contributed by atoms with Crippen molar-refractivity contribution >= 4 is 43.3 Å². The maximum Gasteiger partial charge on any atom is 0.329 e. The molecule has 0 radical (unpaired) electrons. The Bertz CT molecular complexity index is 942. The minimum atomic E-state index is -4.67. The fourth-order valence-corrected chi connectivity index (χ4v) is 4.50. The molecule has 2 rings (SSSR count). The van der Waals surface area contributed by atoms with E-state index < -0.39 is 20.2 Å². The predicted molar refractivity (Wildman–Crippen MR) is 88.5 cm³/mol. The Balaban J connectivity index is 2.34. The molecule has 130 valence electrons. The highest BCUT2D eigenvalue weighted by Crippen LogP contribution is 2.17. The van der Waals surface area contributed by atoms with E-state index in [0.717, 1.165) is 18.2 Å². The topological polar surface area (TPSA) is 161 Å². The molecule has 0 bridgehead atoms. The van der Waals surface area contributed by atoms with Crippen LogP contribution in [-0.2, 0) is 20.2 Å². The van der Waals surface area contributed by atoms with Crippen LogP contribution in [0.1, 0.15) is 5.82 Å². The molecule has 0 saturated carbocycles. The van der Waals surface area contributed by atoms with Gasteiger partial charge in [0.2, 0.25) is 0 Å². The normalized spacial score (nSPS) is 12.1. The zero-order chi connectivity index (χ0) is 18.1. The van der Waals surface area contributed by atoms with Crippen molar-refractivity contribution in [2.24, 2.45) is 5.84 Å². The lowest BCUT2D eigenvalue weighted by Crippen LogP contribution is -2.48. The standard InChI is InChI=1S/C11H13ClN6O4S2/c1-7-15-10(12)6-11(16-7)18(14)24(21,22)17-23(19,20)9-4-2-8(13)3-5-9/h2-6,17H,13-14H2,1H3. The number of halogens is 1. The van der Waals surface area contributed by atoms with Crippen molar-refractivity contribution in [2.45, 2.75) is 11.8 Å². The summed E-state index contributed by atoms with van der Waals surface area (Å²) in [6.07, 6.45) is 0. The van der Waals surface area contributed by atoms with E-state index in [1.54, 1.807) is 0 Å². The van der Waals surface area contributed by atoms with E-state index in [2.05, 4.69) is 9.97 Å². The number of hydrogen-bond acceptors (Lipinski definition) is 8. The molecule has 1 aromatic carbocycles. The predicted octanol–water partition coefficient (Wildman–Crippen LogP) is -0.0760. The number of anilines is 2. The lowest BCUT2D eigenvalue weighted by molar-refractivity contribution is 0.574. The number of rotatable bonds is 5. The van der Waals surface area contributed by atoms with Gasteiger partial charge in [0, 0.05) is 11.8 Å². The van der Waals surface area contributed by atoms with Crippen molar-refractivity contribution in [2.75, 3.05) is 10.1 Å². The van der Waals surface area contributed by atoms with Gasteiger partial charge in [0.1, 0.15) is 11.0 Å². The summed E-state index contributed by atoms with van der Waals surface area (Å²) >= 11 is 5.71. The van der Waals surface area contributed by atoms with Crippen molar-refractivity contribution in [3.8, 4) is 0 Å². The number of nitrogen functional groups attached to an aromatic ring is 1. The Morgan fingerprint density at radius 2 is 1.71 bits per heavy atom. The highest BCUT2D eigenvalue weighted by molar-refractivity contribution is 8.05. The van der Waals surface area contributed by atoms with Crippen LogP contribution in [0.3, 0.4) is 0 Å². The molecule has 0 aliphatic heterocycles.